The topological polar surface area (TPSA) is 91.0 Å². The Hall–Kier alpha value is -2.30. The van der Waals surface area contributed by atoms with Gasteiger partial charge in [0.15, 0.2) is 0 Å². The van der Waals surface area contributed by atoms with Gasteiger partial charge in [-0.15, -0.1) is 0 Å². The minimum Gasteiger partial charge on any atom is -0.384 e. The Balaban J connectivity index is 1.74. The van der Waals surface area contributed by atoms with Gasteiger partial charge in [0.25, 0.3) is 0 Å². The molecule has 1 aliphatic rings. The summed E-state index contributed by atoms with van der Waals surface area (Å²) in [5, 5.41) is 27.9. The van der Waals surface area contributed by atoms with Crippen molar-refractivity contribution in [1.82, 2.24) is 5.16 Å². The van der Waals surface area contributed by atoms with E-state index in [4.69, 9.17) is 9.26 Å². The van der Waals surface area contributed by atoms with E-state index in [0.29, 0.717) is 30.8 Å². The highest BCUT2D eigenvalue weighted by Gasteiger charge is 2.38. The zero-order valence-electron chi connectivity index (χ0n) is 17.0. The number of nitrogens with zero attached hydrogens (tertiary/aromatic N) is 2. The lowest BCUT2D eigenvalue weighted by molar-refractivity contribution is -0.137. The van der Waals surface area contributed by atoms with Gasteiger partial charge < -0.3 is 29.7 Å². The molecule has 166 valence electrons. The Kier molecular flexibility index (Phi) is 6.30. The van der Waals surface area contributed by atoms with Gasteiger partial charge in [0.1, 0.15) is 12.5 Å². The van der Waals surface area contributed by atoms with Crippen LogP contribution in [0, 0.1) is 0 Å². The second kappa shape index (κ2) is 8.44. The van der Waals surface area contributed by atoms with Crippen LogP contribution >= 0.6 is 0 Å². The van der Waals surface area contributed by atoms with Crippen LogP contribution in [0.2, 0.25) is 0 Å². The monoisotopic (exact) mass is 429 g/mol. The van der Waals surface area contributed by atoms with Gasteiger partial charge in [-0.1, -0.05) is 19.0 Å². The van der Waals surface area contributed by atoms with Crippen LogP contribution in [0.4, 0.5) is 24.7 Å². The molecule has 7 nitrogen and oxygen atoms in total. The number of hydrogen-bond acceptors (Lipinski definition) is 7. The summed E-state index contributed by atoms with van der Waals surface area (Å²) < 4.78 is 48.9. The van der Waals surface area contributed by atoms with Gasteiger partial charge in [0.2, 0.25) is 5.88 Å². The molecule has 1 aromatic heterocycles. The van der Waals surface area contributed by atoms with E-state index >= 15 is 0 Å². The minimum absolute atomic E-state index is 0.246. The first-order chi connectivity index (χ1) is 14.0. The summed E-state index contributed by atoms with van der Waals surface area (Å²) in [6.45, 7) is 4.31. The number of alkyl halides is 3. The summed E-state index contributed by atoms with van der Waals surface area (Å²) in [5.74, 6) is 0.246. The number of aliphatic hydroxyl groups is 2. The average Bonchev–Trinajstić information content (AvgIpc) is 3.28. The molecule has 1 fully saturated rings. The van der Waals surface area contributed by atoms with Gasteiger partial charge >= 0.3 is 6.18 Å². The number of ether oxygens (including phenoxy) is 1. The third-order valence-electron chi connectivity index (χ3n) is 5.26. The van der Waals surface area contributed by atoms with Crippen molar-refractivity contribution in [2.45, 2.75) is 56.8 Å². The van der Waals surface area contributed by atoms with Crippen molar-refractivity contribution in [3.05, 3.63) is 41.6 Å². The molecule has 0 spiro atoms. The molecule has 2 heterocycles. The first kappa shape index (κ1) is 22.4. The van der Waals surface area contributed by atoms with Crippen molar-refractivity contribution in [3.8, 4) is 0 Å². The average molecular weight is 429 g/mol. The number of benzene rings is 1. The maximum atomic E-state index is 12.8. The smallest absolute Gasteiger partial charge is 0.384 e. The molecular formula is C20H26F3N3O4. The van der Waals surface area contributed by atoms with Crippen LogP contribution in [-0.2, 0) is 16.3 Å². The van der Waals surface area contributed by atoms with Crippen molar-refractivity contribution in [3.63, 3.8) is 0 Å². The van der Waals surface area contributed by atoms with Crippen molar-refractivity contribution in [2.24, 2.45) is 0 Å². The van der Waals surface area contributed by atoms with E-state index in [-0.39, 0.29) is 11.3 Å². The Bertz CT molecular complexity index is 839. The predicted molar refractivity (Wildman–Crippen MR) is 104 cm³/mol. The van der Waals surface area contributed by atoms with Crippen LogP contribution in [0.1, 0.15) is 37.9 Å². The maximum absolute atomic E-state index is 12.8. The van der Waals surface area contributed by atoms with E-state index in [1.165, 1.54) is 17.0 Å². The first-order valence-corrected chi connectivity index (χ1v) is 9.57. The van der Waals surface area contributed by atoms with Crippen LogP contribution in [0.3, 0.4) is 0 Å². The summed E-state index contributed by atoms with van der Waals surface area (Å²) in [4.78, 5) is 1.50. The number of methoxy groups -OCH3 is 1. The molecule has 2 aromatic rings. The summed E-state index contributed by atoms with van der Waals surface area (Å²) in [6, 6.07) is 5.58. The van der Waals surface area contributed by atoms with E-state index in [1.54, 1.807) is 13.2 Å². The molecule has 0 radical (unpaired) electrons. The molecule has 30 heavy (non-hydrogen) atoms. The standard InChI is InChI=1S/C20H26F3N3O4/c1-19(2,11-29-3)15-10-16(30-25-15)24-18(28)14-8-9-17(27)26(14)13-6-4-12(5-7-13)20(21,22)23/h4-7,10,14,17-18,24,27-28H,8-9,11H2,1-3H3/t14-,17?,18+/m0/s1. The molecular weight excluding hydrogens is 403 g/mol. The van der Waals surface area contributed by atoms with E-state index < -0.39 is 30.2 Å². The first-order valence-electron chi connectivity index (χ1n) is 9.57. The van der Waals surface area contributed by atoms with Gasteiger partial charge in [0, 0.05) is 24.3 Å². The Morgan fingerprint density at radius 1 is 1.27 bits per heavy atom. The second-order valence-electron chi connectivity index (χ2n) is 8.06. The quantitative estimate of drug-likeness (QED) is 0.582. The summed E-state index contributed by atoms with van der Waals surface area (Å²) in [6.07, 6.45) is -5.70. The number of hydrogen-bond donors (Lipinski definition) is 3. The SMILES string of the molecule is COCC(C)(C)c1cc(N[C@H](O)[C@@H]2CCC(O)N2c2ccc(C(F)(F)F)cc2)on1. The van der Waals surface area contributed by atoms with Crippen LogP contribution in [0.15, 0.2) is 34.9 Å². The molecule has 0 amide bonds. The van der Waals surface area contributed by atoms with E-state index in [2.05, 4.69) is 10.5 Å². The number of anilines is 2. The molecule has 0 bridgehead atoms. The Morgan fingerprint density at radius 3 is 2.53 bits per heavy atom. The highest BCUT2D eigenvalue weighted by Crippen LogP contribution is 2.35. The fraction of sp³-hybridized carbons (Fsp3) is 0.550. The molecule has 0 saturated carbocycles. The van der Waals surface area contributed by atoms with E-state index in [0.717, 1.165) is 12.1 Å². The van der Waals surface area contributed by atoms with Crippen LogP contribution in [0.25, 0.3) is 0 Å². The third-order valence-corrected chi connectivity index (χ3v) is 5.26. The largest absolute Gasteiger partial charge is 0.416 e. The number of halogens is 3. The minimum atomic E-state index is -4.44. The van der Waals surface area contributed by atoms with E-state index in [9.17, 15) is 23.4 Å². The maximum Gasteiger partial charge on any atom is 0.416 e. The van der Waals surface area contributed by atoms with Crippen LogP contribution < -0.4 is 10.2 Å². The lowest BCUT2D eigenvalue weighted by Gasteiger charge is -2.33. The van der Waals surface area contributed by atoms with Crippen LogP contribution in [-0.4, -0.2) is 47.6 Å². The fourth-order valence-electron chi connectivity index (χ4n) is 3.65. The van der Waals surface area contributed by atoms with Gasteiger partial charge in [-0.3, -0.25) is 0 Å². The van der Waals surface area contributed by atoms with Crippen LogP contribution in [0.5, 0.6) is 0 Å². The molecule has 1 unspecified atom stereocenters. The van der Waals surface area contributed by atoms with Gasteiger partial charge in [0.05, 0.1) is 23.9 Å². The molecule has 1 saturated heterocycles. The number of nitrogens with one attached hydrogen (secondary N) is 1. The number of rotatable bonds is 7. The van der Waals surface area contributed by atoms with E-state index in [1.807, 2.05) is 13.8 Å². The number of aliphatic hydroxyl groups excluding tert-OH is 2. The summed E-state index contributed by atoms with van der Waals surface area (Å²) in [7, 11) is 1.59. The molecule has 1 aromatic carbocycles. The summed E-state index contributed by atoms with van der Waals surface area (Å²) >= 11 is 0. The normalized spacial score (nSPS) is 21.1. The molecule has 10 heteroatoms. The van der Waals surface area contributed by atoms with Gasteiger partial charge in [-0.2, -0.15) is 13.2 Å². The molecule has 0 aliphatic carbocycles. The molecule has 3 rings (SSSR count). The lowest BCUT2D eigenvalue weighted by Crippen LogP contribution is -2.46. The Morgan fingerprint density at radius 2 is 1.93 bits per heavy atom. The third kappa shape index (κ3) is 4.71. The molecule has 3 atom stereocenters. The predicted octanol–water partition coefficient (Wildman–Crippen LogP) is 3.34. The zero-order chi connectivity index (χ0) is 22.1. The number of aromatic nitrogens is 1. The van der Waals surface area contributed by atoms with Crippen molar-refractivity contribution < 1.29 is 32.6 Å². The highest BCUT2D eigenvalue weighted by molar-refractivity contribution is 5.51. The molecule has 3 N–H and O–H groups in total. The van der Waals surface area contributed by atoms with Crippen molar-refractivity contribution in [2.75, 3.05) is 23.9 Å². The van der Waals surface area contributed by atoms with Gasteiger partial charge in [-0.25, -0.2) is 0 Å². The molecule has 1 aliphatic heterocycles. The zero-order valence-corrected chi connectivity index (χ0v) is 17.0. The van der Waals surface area contributed by atoms with Crippen molar-refractivity contribution >= 4 is 11.6 Å². The van der Waals surface area contributed by atoms with Crippen molar-refractivity contribution in [1.29, 1.82) is 0 Å². The second-order valence-corrected chi connectivity index (χ2v) is 8.06. The lowest BCUT2D eigenvalue weighted by atomic mass is 9.90. The summed E-state index contributed by atoms with van der Waals surface area (Å²) in [5.41, 5.74) is -0.134. The Labute approximate surface area is 172 Å². The fourth-order valence-corrected chi connectivity index (χ4v) is 3.65. The van der Waals surface area contributed by atoms with Gasteiger partial charge in [-0.05, 0) is 37.1 Å². The highest BCUT2D eigenvalue weighted by atomic mass is 19.4.